The van der Waals surface area contributed by atoms with Crippen LogP contribution in [0.2, 0.25) is 0 Å². The molecule has 0 aliphatic heterocycles. The Labute approximate surface area is 111 Å². The summed E-state index contributed by atoms with van der Waals surface area (Å²) in [6.45, 7) is 5.42. The fraction of sp³-hybridized carbons (Fsp3) is 0.938. The van der Waals surface area contributed by atoms with Crippen molar-refractivity contribution >= 4 is 5.91 Å². The quantitative estimate of drug-likeness (QED) is 0.730. The second-order valence-corrected chi connectivity index (χ2v) is 7.31. The zero-order chi connectivity index (χ0) is 12.7. The van der Waals surface area contributed by atoms with Crippen LogP contribution in [0.25, 0.3) is 0 Å². The van der Waals surface area contributed by atoms with Gasteiger partial charge in [0.2, 0.25) is 5.91 Å². The third-order valence-corrected chi connectivity index (χ3v) is 5.19. The van der Waals surface area contributed by atoms with E-state index in [-0.39, 0.29) is 0 Å². The van der Waals surface area contributed by atoms with E-state index in [1.807, 2.05) is 0 Å². The van der Waals surface area contributed by atoms with Crippen LogP contribution in [0.5, 0.6) is 0 Å². The lowest BCUT2D eigenvalue weighted by Crippen LogP contribution is -2.37. The first-order valence-corrected chi connectivity index (χ1v) is 7.93. The minimum Gasteiger partial charge on any atom is -0.339 e. The van der Waals surface area contributed by atoms with E-state index in [1.54, 1.807) is 0 Å². The molecule has 3 aliphatic rings. The van der Waals surface area contributed by atoms with Gasteiger partial charge in [-0.2, -0.15) is 0 Å². The molecule has 3 atom stereocenters. The number of hydrogen-bond acceptors (Lipinski definition) is 1. The molecule has 0 radical (unpaired) electrons. The molecule has 2 bridgehead atoms. The molecule has 0 saturated heterocycles. The largest absolute Gasteiger partial charge is 0.339 e. The van der Waals surface area contributed by atoms with Crippen LogP contribution in [0.3, 0.4) is 0 Å². The van der Waals surface area contributed by atoms with Crippen molar-refractivity contribution in [2.24, 2.45) is 23.7 Å². The molecule has 3 saturated carbocycles. The lowest BCUT2D eigenvalue weighted by atomic mass is 9.86. The topological polar surface area (TPSA) is 20.3 Å². The van der Waals surface area contributed by atoms with Crippen LogP contribution in [0.4, 0.5) is 0 Å². The monoisotopic (exact) mass is 249 g/mol. The molecule has 0 heterocycles. The van der Waals surface area contributed by atoms with Gasteiger partial charge in [-0.25, -0.2) is 0 Å². The Morgan fingerprint density at radius 3 is 2.44 bits per heavy atom. The maximum absolute atomic E-state index is 12.5. The van der Waals surface area contributed by atoms with E-state index in [1.165, 1.54) is 38.5 Å². The molecule has 3 rings (SSSR count). The van der Waals surface area contributed by atoms with E-state index in [9.17, 15) is 4.79 Å². The molecule has 0 aromatic heterocycles. The Morgan fingerprint density at radius 2 is 1.94 bits per heavy atom. The zero-order valence-electron chi connectivity index (χ0n) is 11.9. The third-order valence-electron chi connectivity index (χ3n) is 5.19. The van der Waals surface area contributed by atoms with Crippen molar-refractivity contribution in [3.8, 4) is 0 Å². The molecule has 0 aromatic carbocycles. The summed E-state index contributed by atoms with van der Waals surface area (Å²) in [6.07, 6.45) is 8.95. The van der Waals surface area contributed by atoms with E-state index < -0.39 is 0 Å². The van der Waals surface area contributed by atoms with Crippen LogP contribution in [0.1, 0.15) is 58.8 Å². The Bertz CT molecular complexity index is 321. The normalized spacial score (nSPS) is 34.3. The van der Waals surface area contributed by atoms with Crippen LogP contribution in [-0.4, -0.2) is 23.4 Å². The number of amides is 1. The molecule has 3 aliphatic carbocycles. The summed E-state index contributed by atoms with van der Waals surface area (Å²) >= 11 is 0. The second kappa shape index (κ2) is 4.86. The first-order valence-electron chi connectivity index (χ1n) is 7.93. The van der Waals surface area contributed by atoms with Crippen LogP contribution in [0, 0.1) is 23.7 Å². The van der Waals surface area contributed by atoms with Crippen molar-refractivity contribution in [2.75, 3.05) is 6.54 Å². The summed E-state index contributed by atoms with van der Waals surface area (Å²) in [7, 11) is 0. The number of hydrogen-bond donors (Lipinski definition) is 0. The molecule has 0 spiro atoms. The van der Waals surface area contributed by atoms with Crippen LogP contribution >= 0.6 is 0 Å². The summed E-state index contributed by atoms with van der Waals surface area (Å²) in [5.41, 5.74) is 0. The highest BCUT2D eigenvalue weighted by Gasteiger charge is 2.42. The highest BCUT2D eigenvalue weighted by atomic mass is 16.2. The van der Waals surface area contributed by atoms with Crippen molar-refractivity contribution in [1.82, 2.24) is 4.90 Å². The van der Waals surface area contributed by atoms with Crippen molar-refractivity contribution in [3.05, 3.63) is 0 Å². The predicted octanol–water partition coefficient (Wildman–Crippen LogP) is 3.46. The van der Waals surface area contributed by atoms with Gasteiger partial charge in [-0.3, -0.25) is 4.79 Å². The third kappa shape index (κ3) is 2.57. The van der Waals surface area contributed by atoms with Gasteiger partial charge in [-0.1, -0.05) is 20.3 Å². The average Bonchev–Trinajstić information content (AvgIpc) is 2.95. The molecule has 0 unspecified atom stereocenters. The molecule has 18 heavy (non-hydrogen) atoms. The molecule has 2 heteroatoms. The van der Waals surface area contributed by atoms with Gasteiger partial charge in [-0.05, 0) is 55.8 Å². The molecule has 0 N–H and O–H groups in total. The van der Waals surface area contributed by atoms with Gasteiger partial charge < -0.3 is 4.90 Å². The smallest absolute Gasteiger partial charge is 0.223 e. The fourth-order valence-electron chi connectivity index (χ4n) is 4.20. The Balaban J connectivity index is 1.55. The maximum atomic E-state index is 12.5. The fourth-order valence-corrected chi connectivity index (χ4v) is 4.20. The Hall–Kier alpha value is -0.530. The lowest BCUT2D eigenvalue weighted by Gasteiger charge is -2.28. The zero-order valence-corrected chi connectivity index (χ0v) is 11.9. The summed E-state index contributed by atoms with van der Waals surface area (Å²) in [5.74, 6) is 3.65. The van der Waals surface area contributed by atoms with Crippen LogP contribution in [-0.2, 0) is 4.79 Å². The summed E-state index contributed by atoms with van der Waals surface area (Å²) in [5, 5.41) is 0. The van der Waals surface area contributed by atoms with E-state index in [4.69, 9.17) is 0 Å². The standard InChI is InChI=1S/C16H27NO/c1-11(2)10-17(15-5-6-15)16(18)9-14-8-12-3-4-13(14)7-12/h11-15H,3-10H2,1-2H3/t12-,13-,14-/m0/s1. The molecule has 2 nitrogen and oxygen atoms in total. The Morgan fingerprint density at radius 1 is 1.17 bits per heavy atom. The minimum atomic E-state index is 0.462. The van der Waals surface area contributed by atoms with Gasteiger partial charge in [0.05, 0.1) is 0 Å². The van der Waals surface area contributed by atoms with Gasteiger partial charge in [0.1, 0.15) is 0 Å². The number of fused-ring (bicyclic) bond motifs is 2. The molecule has 102 valence electrons. The van der Waals surface area contributed by atoms with Crippen LogP contribution < -0.4 is 0 Å². The molecular weight excluding hydrogens is 222 g/mol. The molecule has 0 aromatic rings. The maximum Gasteiger partial charge on any atom is 0.223 e. The SMILES string of the molecule is CC(C)CN(C(=O)C[C@@H]1C[C@H]2CC[C@H]1C2)C1CC1. The van der Waals surface area contributed by atoms with E-state index in [2.05, 4.69) is 18.7 Å². The van der Waals surface area contributed by atoms with Crippen LogP contribution in [0.15, 0.2) is 0 Å². The first kappa shape index (κ1) is 12.5. The first-order chi connectivity index (χ1) is 8.63. The van der Waals surface area contributed by atoms with E-state index >= 15 is 0 Å². The average molecular weight is 249 g/mol. The van der Waals surface area contributed by atoms with Gasteiger partial charge in [-0.15, -0.1) is 0 Å². The van der Waals surface area contributed by atoms with E-state index in [0.29, 0.717) is 17.9 Å². The van der Waals surface area contributed by atoms with Gasteiger partial charge >= 0.3 is 0 Å². The second-order valence-electron chi connectivity index (χ2n) is 7.31. The number of carbonyl (C=O) groups is 1. The highest BCUT2D eigenvalue weighted by Crippen LogP contribution is 2.49. The summed E-state index contributed by atoms with van der Waals surface area (Å²) in [4.78, 5) is 14.7. The van der Waals surface area contributed by atoms with Gasteiger partial charge in [0.15, 0.2) is 0 Å². The predicted molar refractivity (Wildman–Crippen MR) is 73.1 cm³/mol. The van der Waals surface area contributed by atoms with Crippen molar-refractivity contribution in [2.45, 2.75) is 64.8 Å². The van der Waals surface area contributed by atoms with Gasteiger partial charge in [0.25, 0.3) is 0 Å². The molecule has 1 amide bonds. The van der Waals surface area contributed by atoms with Crippen molar-refractivity contribution in [1.29, 1.82) is 0 Å². The highest BCUT2D eigenvalue weighted by molar-refractivity contribution is 5.77. The minimum absolute atomic E-state index is 0.462. The molecule has 3 fully saturated rings. The summed E-state index contributed by atoms with van der Waals surface area (Å²) in [6, 6.07) is 0.596. The molecular formula is C16H27NO. The van der Waals surface area contributed by atoms with Crippen molar-refractivity contribution < 1.29 is 4.79 Å². The summed E-state index contributed by atoms with van der Waals surface area (Å²) < 4.78 is 0. The van der Waals surface area contributed by atoms with Crippen molar-refractivity contribution in [3.63, 3.8) is 0 Å². The lowest BCUT2D eigenvalue weighted by molar-refractivity contribution is -0.133. The number of rotatable bonds is 5. The Kier molecular flexibility index (Phi) is 3.38. The van der Waals surface area contributed by atoms with Gasteiger partial charge in [0, 0.05) is 19.0 Å². The number of nitrogens with zero attached hydrogens (tertiary/aromatic N) is 1. The number of carbonyl (C=O) groups excluding carboxylic acids is 1. The van der Waals surface area contributed by atoms with E-state index in [0.717, 1.165) is 30.7 Å².